The van der Waals surface area contributed by atoms with Crippen molar-refractivity contribution < 1.29 is 18.7 Å². The molecule has 1 aromatic heterocycles. The summed E-state index contributed by atoms with van der Waals surface area (Å²) in [6, 6.07) is 21.3. The Morgan fingerprint density at radius 3 is 2.29 bits per heavy atom. The lowest BCUT2D eigenvalue weighted by Gasteiger charge is -2.28. The molecule has 0 bridgehead atoms. The van der Waals surface area contributed by atoms with Gasteiger partial charge in [-0.05, 0) is 56.0 Å². The topological polar surface area (TPSA) is 63.0 Å². The Hall–Kier alpha value is -3.38. The van der Waals surface area contributed by atoms with Crippen molar-refractivity contribution in [2.75, 3.05) is 33.4 Å². The fourth-order valence-corrected chi connectivity index (χ4v) is 3.86. The highest BCUT2D eigenvalue weighted by Gasteiger charge is 2.24. The van der Waals surface area contributed by atoms with Gasteiger partial charge < -0.3 is 19.0 Å². The van der Waals surface area contributed by atoms with Gasteiger partial charge in [0.05, 0.1) is 6.54 Å². The number of carbonyl (C=O) groups excluding carboxylic acids is 2. The molecule has 0 saturated heterocycles. The van der Waals surface area contributed by atoms with Crippen LogP contribution >= 0.6 is 0 Å². The number of methoxy groups -OCH3 is 1. The van der Waals surface area contributed by atoms with Crippen molar-refractivity contribution in [3.63, 3.8) is 0 Å². The SMILES string of the molecule is COCCCN(CC(=O)N(CCc1ccccc1)Cc1ccc(C)o1)C(=O)c1ccccc1C. The molecular formula is C28H34N2O4. The summed E-state index contributed by atoms with van der Waals surface area (Å²) in [6.07, 6.45) is 1.38. The molecule has 2 aromatic carbocycles. The van der Waals surface area contributed by atoms with Crippen LogP contribution in [-0.2, 0) is 22.5 Å². The molecule has 34 heavy (non-hydrogen) atoms. The lowest BCUT2D eigenvalue weighted by Crippen LogP contribution is -2.44. The largest absolute Gasteiger partial charge is 0.464 e. The van der Waals surface area contributed by atoms with Gasteiger partial charge in [-0.3, -0.25) is 9.59 Å². The molecule has 6 nitrogen and oxygen atoms in total. The van der Waals surface area contributed by atoms with E-state index in [9.17, 15) is 9.59 Å². The van der Waals surface area contributed by atoms with Crippen LogP contribution in [0, 0.1) is 13.8 Å². The second-order valence-corrected chi connectivity index (χ2v) is 8.45. The molecule has 1 heterocycles. The maximum atomic E-state index is 13.5. The fourth-order valence-electron chi connectivity index (χ4n) is 3.86. The number of furan rings is 1. The zero-order valence-corrected chi connectivity index (χ0v) is 20.3. The lowest BCUT2D eigenvalue weighted by molar-refractivity contribution is -0.132. The van der Waals surface area contributed by atoms with Crippen molar-refractivity contribution in [2.24, 2.45) is 0 Å². The summed E-state index contributed by atoms with van der Waals surface area (Å²) in [5.41, 5.74) is 2.66. The van der Waals surface area contributed by atoms with E-state index >= 15 is 0 Å². The highest BCUT2D eigenvalue weighted by Crippen LogP contribution is 2.14. The predicted molar refractivity (Wildman–Crippen MR) is 133 cm³/mol. The maximum absolute atomic E-state index is 13.5. The first-order chi connectivity index (χ1) is 16.5. The average molecular weight is 463 g/mol. The predicted octanol–water partition coefficient (Wildman–Crippen LogP) is 4.65. The van der Waals surface area contributed by atoms with Crippen LogP contribution in [0.25, 0.3) is 0 Å². The van der Waals surface area contributed by atoms with Crippen LogP contribution in [0.4, 0.5) is 0 Å². The molecule has 3 rings (SSSR count). The van der Waals surface area contributed by atoms with Crippen molar-refractivity contribution >= 4 is 11.8 Å². The van der Waals surface area contributed by atoms with Gasteiger partial charge in [-0.15, -0.1) is 0 Å². The number of rotatable bonds is 12. The number of carbonyl (C=O) groups is 2. The first-order valence-electron chi connectivity index (χ1n) is 11.7. The van der Waals surface area contributed by atoms with Crippen LogP contribution in [0.2, 0.25) is 0 Å². The summed E-state index contributed by atoms with van der Waals surface area (Å²) >= 11 is 0. The molecule has 0 aliphatic carbocycles. The third kappa shape index (κ3) is 7.32. The Kier molecular flexibility index (Phi) is 9.47. The summed E-state index contributed by atoms with van der Waals surface area (Å²) in [5.74, 6) is 1.29. The Morgan fingerprint density at radius 2 is 1.62 bits per heavy atom. The zero-order chi connectivity index (χ0) is 24.3. The molecule has 3 aromatic rings. The quantitative estimate of drug-likeness (QED) is 0.368. The summed E-state index contributed by atoms with van der Waals surface area (Å²) in [5, 5.41) is 0. The minimum atomic E-state index is -0.139. The van der Waals surface area contributed by atoms with E-state index in [1.54, 1.807) is 16.9 Å². The Bertz CT molecular complexity index is 1060. The van der Waals surface area contributed by atoms with Crippen molar-refractivity contribution in [3.8, 4) is 0 Å². The lowest BCUT2D eigenvalue weighted by atomic mass is 10.1. The van der Waals surface area contributed by atoms with Gasteiger partial charge in [0.2, 0.25) is 5.91 Å². The van der Waals surface area contributed by atoms with Crippen LogP contribution in [0.3, 0.4) is 0 Å². The van der Waals surface area contributed by atoms with Gasteiger partial charge in [0, 0.05) is 32.4 Å². The molecule has 0 unspecified atom stereocenters. The number of nitrogens with zero attached hydrogens (tertiary/aromatic N) is 2. The van der Waals surface area contributed by atoms with Gasteiger partial charge >= 0.3 is 0 Å². The fraction of sp³-hybridized carbons (Fsp3) is 0.357. The highest BCUT2D eigenvalue weighted by molar-refractivity contribution is 5.97. The van der Waals surface area contributed by atoms with Gasteiger partial charge in [-0.1, -0.05) is 48.5 Å². The standard InChI is InChI=1S/C28H34N2O4/c1-22-10-7-8-13-26(22)28(32)30(17-9-19-33-3)21-27(31)29(20-25-15-14-23(2)34-25)18-16-24-11-5-4-6-12-24/h4-8,10-15H,9,16-21H2,1-3H3. The molecule has 0 N–H and O–H groups in total. The second kappa shape index (κ2) is 12.8. The minimum absolute atomic E-state index is 0.00532. The van der Waals surface area contributed by atoms with Crippen LogP contribution < -0.4 is 0 Å². The number of hydrogen-bond donors (Lipinski definition) is 0. The van der Waals surface area contributed by atoms with E-state index in [0.29, 0.717) is 38.2 Å². The Labute approximate surface area is 202 Å². The second-order valence-electron chi connectivity index (χ2n) is 8.45. The molecule has 0 aliphatic heterocycles. The van der Waals surface area contributed by atoms with E-state index in [-0.39, 0.29) is 18.4 Å². The van der Waals surface area contributed by atoms with E-state index in [1.165, 1.54) is 0 Å². The molecule has 0 atom stereocenters. The number of hydrogen-bond acceptors (Lipinski definition) is 4. The molecule has 0 aliphatic rings. The Morgan fingerprint density at radius 1 is 0.882 bits per heavy atom. The van der Waals surface area contributed by atoms with Crippen molar-refractivity contribution in [3.05, 3.63) is 94.9 Å². The minimum Gasteiger partial charge on any atom is -0.464 e. The van der Waals surface area contributed by atoms with Crippen LogP contribution in [0.15, 0.2) is 71.1 Å². The Balaban J connectivity index is 1.77. The van der Waals surface area contributed by atoms with Crippen LogP contribution in [-0.4, -0.2) is 55.0 Å². The monoisotopic (exact) mass is 462 g/mol. The molecule has 6 heteroatoms. The van der Waals surface area contributed by atoms with Gasteiger partial charge in [0.15, 0.2) is 0 Å². The summed E-state index contributed by atoms with van der Waals surface area (Å²) in [4.78, 5) is 30.3. The molecular weight excluding hydrogens is 428 g/mol. The van der Waals surface area contributed by atoms with E-state index in [2.05, 4.69) is 12.1 Å². The summed E-state index contributed by atoms with van der Waals surface area (Å²) in [7, 11) is 1.63. The first kappa shape index (κ1) is 25.2. The highest BCUT2D eigenvalue weighted by atomic mass is 16.5. The van der Waals surface area contributed by atoms with Crippen molar-refractivity contribution in [1.82, 2.24) is 9.80 Å². The third-order valence-electron chi connectivity index (χ3n) is 5.77. The first-order valence-corrected chi connectivity index (χ1v) is 11.7. The van der Waals surface area contributed by atoms with Gasteiger partial charge in [0.25, 0.3) is 5.91 Å². The third-order valence-corrected chi connectivity index (χ3v) is 5.77. The zero-order valence-electron chi connectivity index (χ0n) is 20.3. The smallest absolute Gasteiger partial charge is 0.254 e. The molecule has 180 valence electrons. The van der Waals surface area contributed by atoms with Gasteiger partial charge in [0.1, 0.15) is 18.1 Å². The molecule has 0 saturated carbocycles. The average Bonchev–Trinajstić information content (AvgIpc) is 3.26. The molecule has 0 fully saturated rings. The molecule has 2 amide bonds. The van der Waals surface area contributed by atoms with E-state index in [4.69, 9.17) is 9.15 Å². The van der Waals surface area contributed by atoms with Gasteiger partial charge in [-0.2, -0.15) is 0 Å². The van der Waals surface area contributed by atoms with Crippen molar-refractivity contribution in [1.29, 1.82) is 0 Å². The summed E-state index contributed by atoms with van der Waals surface area (Å²) < 4.78 is 10.9. The van der Waals surface area contributed by atoms with Gasteiger partial charge in [-0.25, -0.2) is 0 Å². The number of aryl methyl sites for hydroxylation is 2. The van der Waals surface area contributed by atoms with E-state index in [1.807, 2.05) is 68.4 Å². The molecule has 0 radical (unpaired) electrons. The van der Waals surface area contributed by atoms with E-state index in [0.717, 1.165) is 29.1 Å². The van der Waals surface area contributed by atoms with Crippen LogP contribution in [0.5, 0.6) is 0 Å². The number of amides is 2. The maximum Gasteiger partial charge on any atom is 0.254 e. The summed E-state index contributed by atoms with van der Waals surface area (Å²) in [6.45, 7) is 5.67. The number of benzene rings is 2. The molecule has 0 spiro atoms. The van der Waals surface area contributed by atoms with Crippen molar-refractivity contribution in [2.45, 2.75) is 33.2 Å². The normalized spacial score (nSPS) is 10.8. The van der Waals surface area contributed by atoms with Crippen LogP contribution in [0.1, 0.15) is 39.4 Å². The van der Waals surface area contributed by atoms with E-state index < -0.39 is 0 Å². The number of ether oxygens (including phenoxy) is 1.